The zero-order valence-corrected chi connectivity index (χ0v) is 14.3. The molecule has 0 saturated carbocycles. The second-order valence-corrected chi connectivity index (χ2v) is 4.28. The topological polar surface area (TPSA) is 20.2 Å². The Morgan fingerprint density at radius 1 is 0.467 bits per heavy atom. The molecule has 0 saturated heterocycles. The molecule has 2 aromatic carbocycles. The second-order valence-electron chi connectivity index (χ2n) is 4.28. The van der Waals surface area contributed by atoms with Gasteiger partial charge in [0.25, 0.3) is 0 Å². The minimum absolute atomic E-state index is 0. The van der Waals surface area contributed by atoms with Crippen LogP contribution >= 0.6 is 0 Å². The molecule has 0 spiro atoms. The summed E-state index contributed by atoms with van der Waals surface area (Å²) in [5.74, 6) is 0. The molecule has 30 heavy (non-hydrogen) atoms. The van der Waals surface area contributed by atoms with Crippen molar-refractivity contribution < 1.29 is 56.9 Å². The predicted octanol–water partition coefficient (Wildman–Crippen LogP) is 6.12. The monoisotopic (exact) mass is 487 g/mol. The van der Waals surface area contributed by atoms with E-state index in [1.807, 2.05) is 66.7 Å². The third-order valence-corrected chi connectivity index (χ3v) is 1.69. The fourth-order valence-corrected chi connectivity index (χ4v) is 0.968. The van der Waals surface area contributed by atoms with Crippen LogP contribution in [0.1, 0.15) is 5.56 Å². The van der Waals surface area contributed by atoms with E-state index in [4.69, 9.17) is 5.11 Å². The first-order valence-corrected chi connectivity index (χ1v) is 7.20. The maximum atomic E-state index is 9.75. The van der Waals surface area contributed by atoms with Crippen LogP contribution in [0.15, 0.2) is 66.7 Å². The van der Waals surface area contributed by atoms with Crippen molar-refractivity contribution in [2.45, 2.75) is 6.61 Å². The maximum Gasteiger partial charge on any atom is -0.0623 e. The van der Waals surface area contributed by atoms with Gasteiger partial charge in [-0.25, -0.2) is 0 Å². The Balaban J connectivity index is -0.000000142. The number of aliphatic hydroxyl groups is 1. The third-order valence-electron chi connectivity index (χ3n) is 1.69. The Labute approximate surface area is 207 Å². The molecule has 0 fully saturated rings. The first-order chi connectivity index (χ1) is 12.9. The number of aliphatic hydroxyl groups excluding tert-OH is 1. The van der Waals surface area contributed by atoms with Gasteiger partial charge in [-0.05, 0) is 5.56 Å². The summed E-state index contributed by atoms with van der Waals surface area (Å²) in [5.41, 5.74) is 0.965. The summed E-state index contributed by atoms with van der Waals surface area (Å²) in [6.07, 6.45) is 0. The molecule has 0 aliphatic rings. The average Bonchev–Trinajstić information content (AvgIpc) is 2.53. The summed E-state index contributed by atoms with van der Waals surface area (Å²) in [5, 5.41) is 8.54. The zero-order chi connectivity index (χ0) is 23.6. The van der Waals surface area contributed by atoms with Crippen LogP contribution in [0.25, 0.3) is 0 Å². The molecule has 170 valence electrons. The van der Waals surface area contributed by atoms with Crippen molar-refractivity contribution in [3.63, 3.8) is 0 Å². The van der Waals surface area contributed by atoms with E-state index in [-0.39, 0.29) is 58.0 Å². The van der Waals surface area contributed by atoms with Crippen molar-refractivity contribution in [3.05, 3.63) is 72.3 Å². The largest absolute Gasteiger partial charge is 0.0623 e. The van der Waals surface area contributed by atoms with Gasteiger partial charge in [0.05, 0.1) is 6.61 Å². The molecule has 0 aromatic heterocycles. The van der Waals surface area contributed by atoms with E-state index in [2.05, 4.69) is 0 Å². The van der Waals surface area contributed by atoms with Crippen molar-refractivity contribution in [2.75, 3.05) is 0 Å². The summed E-state index contributed by atoms with van der Waals surface area (Å²) in [6.45, 7) is 0.140. The van der Waals surface area contributed by atoms with Crippen molar-refractivity contribution in [2.24, 2.45) is 0 Å². The molecule has 0 amide bonds. The van der Waals surface area contributed by atoms with Gasteiger partial charge in [0.2, 0.25) is 0 Å². The molecule has 0 bridgehead atoms. The van der Waals surface area contributed by atoms with Crippen molar-refractivity contribution in [1.82, 2.24) is 0 Å². The number of hydrogen-bond donors (Lipinski definition) is 1. The molecule has 0 radical (unpaired) electrons. The first kappa shape index (κ1) is 36.7. The molecule has 0 atom stereocenters. The summed E-state index contributed by atoms with van der Waals surface area (Å²) in [4.78, 5) is 0. The molecule has 0 heterocycles. The molecule has 0 aliphatic carbocycles. The van der Waals surface area contributed by atoms with Gasteiger partial charge in [-0.1, -0.05) is 66.7 Å². The van der Waals surface area contributed by atoms with Crippen molar-refractivity contribution >= 4 is 73.1 Å². The molecule has 0 unspecified atom stereocenters. The van der Waals surface area contributed by atoms with Crippen LogP contribution in [0.3, 0.4) is 0 Å². The number of hydrogen-bond acceptors (Lipinski definition) is 1. The quantitative estimate of drug-likeness (QED) is 0.380. The maximum absolute atomic E-state index is 9.75. The summed E-state index contributed by atoms with van der Waals surface area (Å²) in [6, 6.07) is 21.5. The Morgan fingerprint density at radius 2 is 0.633 bits per heavy atom. The number of benzene rings is 2. The van der Waals surface area contributed by atoms with Crippen LogP contribution in [-0.4, -0.2) is 78.3 Å². The predicted molar refractivity (Wildman–Crippen MR) is 96.5 cm³/mol. The van der Waals surface area contributed by atoms with Gasteiger partial charge >= 0.3 is 73.1 Å². The number of rotatable bonds is 1. The molecule has 1 N–H and O–H groups in total. The van der Waals surface area contributed by atoms with Gasteiger partial charge in [-0.3, -0.25) is 0 Å². The normalized spacial score (nSPS) is 10.0. The third kappa shape index (κ3) is 80.5. The molecule has 0 aliphatic heterocycles. The molecule has 2 rings (SSSR count). The minimum atomic E-state index is -6.00. The fourth-order valence-electron chi connectivity index (χ4n) is 0.968. The van der Waals surface area contributed by atoms with E-state index < -0.39 is 21.8 Å². The van der Waals surface area contributed by atoms with Crippen molar-refractivity contribution in [1.29, 1.82) is 0 Å². The zero-order valence-electron chi connectivity index (χ0n) is 14.3. The van der Waals surface area contributed by atoms with E-state index in [0.717, 1.165) is 5.56 Å². The van der Waals surface area contributed by atoms with E-state index >= 15 is 0 Å². The van der Waals surface area contributed by atoms with Crippen molar-refractivity contribution in [3.8, 4) is 0 Å². The SMILES string of the molecule is F[B-](F)(F)F.F[B-](F)(F)F.F[B-](F)(F)F.OCc1ccccc1.[KH].c1ccccc1. The molecular formula is C13H15B3F12KO-3. The van der Waals surface area contributed by atoms with Gasteiger partial charge in [0.1, 0.15) is 0 Å². The first-order valence-electron chi connectivity index (χ1n) is 7.20. The molecule has 2 aromatic rings. The van der Waals surface area contributed by atoms with Gasteiger partial charge < -0.3 is 56.9 Å². The summed E-state index contributed by atoms with van der Waals surface area (Å²) >= 11 is 0. The van der Waals surface area contributed by atoms with E-state index in [0.29, 0.717) is 0 Å². The Morgan fingerprint density at radius 3 is 0.767 bits per heavy atom. The van der Waals surface area contributed by atoms with Crippen LogP contribution in [0.4, 0.5) is 51.8 Å². The van der Waals surface area contributed by atoms with Crippen LogP contribution in [-0.2, 0) is 6.61 Å². The van der Waals surface area contributed by atoms with E-state index in [1.165, 1.54) is 0 Å². The van der Waals surface area contributed by atoms with Gasteiger partial charge in [0.15, 0.2) is 0 Å². The second kappa shape index (κ2) is 20.3. The average molecular weight is 487 g/mol. The summed E-state index contributed by atoms with van der Waals surface area (Å²) < 4.78 is 117. The Hall–Kier alpha value is -0.609. The number of halogens is 12. The van der Waals surface area contributed by atoms with E-state index in [1.54, 1.807) is 0 Å². The molecular weight excluding hydrogens is 472 g/mol. The van der Waals surface area contributed by atoms with Gasteiger partial charge in [-0.15, -0.1) is 0 Å². The molecule has 1 nitrogen and oxygen atoms in total. The Kier molecular flexibility index (Phi) is 24.9. The standard InChI is InChI=1S/C7H8O.C6H6.3BF4.K.H/c8-6-7-4-2-1-3-5-7;1-2-4-6-5-3-1;3*2-1(3,4)5;;/h1-5,8H,6H2;1-6H;;;;;/q;;3*-1;;. The van der Waals surface area contributed by atoms with Gasteiger partial charge in [0, 0.05) is 0 Å². The van der Waals surface area contributed by atoms with E-state index in [9.17, 15) is 51.8 Å². The van der Waals surface area contributed by atoms with Crippen LogP contribution in [0.5, 0.6) is 0 Å². The van der Waals surface area contributed by atoms with Crippen LogP contribution in [0.2, 0.25) is 0 Å². The smallest absolute Gasteiger partial charge is 0.0623 e. The van der Waals surface area contributed by atoms with Crippen LogP contribution < -0.4 is 0 Å². The molecule has 17 heteroatoms. The minimum Gasteiger partial charge on any atom is -0.0623 e. The fraction of sp³-hybridized carbons (Fsp3) is 0.0769. The van der Waals surface area contributed by atoms with Gasteiger partial charge in [-0.2, -0.15) is 0 Å². The van der Waals surface area contributed by atoms with Crippen LogP contribution in [0, 0.1) is 0 Å². The Bertz CT molecular complexity index is 509. The summed E-state index contributed by atoms with van der Waals surface area (Å²) in [7, 11) is -18.0.